The molecule has 0 fully saturated rings. The van der Waals surface area contributed by atoms with Crippen LogP contribution in [-0.2, 0) is 0 Å². The van der Waals surface area contributed by atoms with E-state index in [1.807, 2.05) is 0 Å². The summed E-state index contributed by atoms with van der Waals surface area (Å²) in [4.78, 5) is 23.4. The van der Waals surface area contributed by atoms with Crippen LogP contribution in [0.25, 0.3) is 11.3 Å². The first-order valence-electron chi connectivity index (χ1n) is 7.41. The van der Waals surface area contributed by atoms with Gasteiger partial charge in [-0.2, -0.15) is 5.10 Å². The van der Waals surface area contributed by atoms with Gasteiger partial charge in [-0.25, -0.2) is 13.6 Å². The van der Waals surface area contributed by atoms with Gasteiger partial charge in [-0.1, -0.05) is 12.1 Å². The number of aromatic amines is 1. The van der Waals surface area contributed by atoms with Gasteiger partial charge in [0.05, 0.1) is 23.1 Å². The van der Waals surface area contributed by atoms with E-state index in [2.05, 4.69) is 20.8 Å². The smallest absolute Gasteiger partial charge is 0.316 e. The van der Waals surface area contributed by atoms with E-state index in [1.165, 1.54) is 36.5 Å². The Hall–Kier alpha value is -3.75. The van der Waals surface area contributed by atoms with Gasteiger partial charge in [0.15, 0.2) is 0 Å². The van der Waals surface area contributed by atoms with Gasteiger partial charge < -0.3 is 16.4 Å². The standard InChI is InChI=1S/C17H13F2N5O2/c18-12-4-2-1-3-10(12)15-11(8-21-24-15)16(25)22-9-5-6-13(19)14(7-9)23-17(20)26/h1-8H,(H,21,24)(H,22,25)(H3,20,23,26). The summed E-state index contributed by atoms with van der Waals surface area (Å²) in [6.07, 6.45) is 1.25. The van der Waals surface area contributed by atoms with E-state index in [9.17, 15) is 18.4 Å². The number of H-pyrrole nitrogens is 1. The summed E-state index contributed by atoms with van der Waals surface area (Å²) in [6, 6.07) is 8.57. The van der Waals surface area contributed by atoms with Gasteiger partial charge in [0.2, 0.25) is 0 Å². The molecule has 0 aliphatic rings. The minimum atomic E-state index is -0.941. The Morgan fingerprint density at radius 3 is 2.54 bits per heavy atom. The molecular weight excluding hydrogens is 344 g/mol. The normalized spacial score (nSPS) is 10.4. The van der Waals surface area contributed by atoms with Crippen molar-refractivity contribution in [3.05, 3.63) is 65.9 Å². The molecule has 0 bridgehead atoms. The van der Waals surface area contributed by atoms with Crippen molar-refractivity contribution in [2.75, 3.05) is 10.6 Å². The third-order valence-electron chi connectivity index (χ3n) is 3.51. The molecule has 0 saturated heterocycles. The average molecular weight is 357 g/mol. The second-order valence-electron chi connectivity index (χ2n) is 5.28. The molecule has 132 valence electrons. The predicted molar refractivity (Wildman–Crippen MR) is 91.5 cm³/mol. The fraction of sp³-hybridized carbons (Fsp3) is 0. The van der Waals surface area contributed by atoms with Crippen LogP contribution in [-0.4, -0.2) is 22.1 Å². The molecule has 0 radical (unpaired) electrons. The topological polar surface area (TPSA) is 113 Å². The van der Waals surface area contributed by atoms with Crippen LogP contribution >= 0.6 is 0 Å². The molecule has 3 amide bonds. The number of primary amides is 1. The predicted octanol–water partition coefficient (Wildman–Crippen LogP) is 3.10. The number of aromatic nitrogens is 2. The molecule has 0 saturated carbocycles. The van der Waals surface area contributed by atoms with E-state index in [-0.39, 0.29) is 28.2 Å². The highest BCUT2D eigenvalue weighted by molar-refractivity contribution is 6.08. The van der Waals surface area contributed by atoms with E-state index in [0.29, 0.717) is 0 Å². The van der Waals surface area contributed by atoms with Crippen LogP contribution in [0.1, 0.15) is 10.4 Å². The summed E-state index contributed by atoms with van der Waals surface area (Å²) in [5, 5.41) is 11.0. The zero-order chi connectivity index (χ0) is 18.7. The van der Waals surface area contributed by atoms with Crippen molar-refractivity contribution < 1.29 is 18.4 Å². The maximum absolute atomic E-state index is 14.0. The van der Waals surface area contributed by atoms with Crippen molar-refractivity contribution in [2.24, 2.45) is 5.73 Å². The van der Waals surface area contributed by atoms with Gasteiger partial charge in [-0.3, -0.25) is 9.89 Å². The number of carbonyl (C=O) groups excluding carboxylic acids is 2. The van der Waals surface area contributed by atoms with Gasteiger partial charge in [-0.05, 0) is 30.3 Å². The number of nitrogens with one attached hydrogen (secondary N) is 3. The molecule has 0 atom stereocenters. The molecule has 26 heavy (non-hydrogen) atoms. The lowest BCUT2D eigenvalue weighted by Crippen LogP contribution is -2.20. The van der Waals surface area contributed by atoms with Crippen molar-refractivity contribution in [3.8, 4) is 11.3 Å². The number of rotatable bonds is 4. The highest BCUT2D eigenvalue weighted by atomic mass is 19.1. The van der Waals surface area contributed by atoms with E-state index in [0.717, 1.165) is 6.07 Å². The maximum Gasteiger partial charge on any atom is 0.316 e. The second kappa shape index (κ2) is 7.01. The van der Waals surface area contributed by atoms with Gasteiger partial charge in [0.1, 0.15) is 11.6 Å². The summed E-state index contributed by atoms with van der Waals surface area (Å²) in [5.41, 5.74) is 5.49. The summed E-state index contributed by atoms with van der Waals surface area (Å²) >= 11 is 0. The highest BCUT2D eigenvalue weighted by Gasteiger charge is 2.18. The number of urea groups is 1. The summed E-state index contributed by atoms with van der Waals surface area (Å²) in [7, 11) is 0. The Morgan fingerprint density at radius 1 is 1.04 bits per heavy atom. The number of hydrogen-bond acceptors (Lipinski definition) is 3. The Morgan fingerprint density at radius 2 is 1.81 bits per heavy atom. The molecule has 3 aromatic rings. The molecule has 3 rings (SSSR count). The van der Waals surface area contributed by atoms with Crippen molar-refractivity contribution in [3.63, 3.8) is 0 Å². The van der Waals surface area contributed by atoms with Crippen molar-refractivity contribution in [1.82, 2.24) is 10.2 Å². The number of nitrogens with two attached hydrogens (primary N) is 1. The summed E-state index contributed by atoms with van der Waals surface area (Å²) < 4.78 is 27.6. The van der Waals surface area contributed by atoms with Crippen molar-refractivity contribution in [2.45, 2.75) is 0 Å². The monoisotopic (exact) mass is 357 g/mol. The van der Waals surface area contributed by atoms with Gasteiger partial charge >= 0.3 is 6.03 Å². The molecule has 0 unspecified atom stereocenters. The van der Waals surface area contributed by atoms with Crippen LogP contribution in [0.3, 0.4) is 0 Å². The minimum Gasteiger partial charge on any atom is -0.351 e. The molecule has 0 aliphatic carbocycles. The maximum atomic E-state index is 14.0. The molecular formula is C17H13F2N5O2. The summed E-state index contributed by atoms with van der Waals surface area (Å²) in [6.45, 7) is 0. The first-order valence-corrected chi connectivity index (χ1v) is 7.41. The quantitative estimate of drug-likeness (QED) is 0.575. The third-order valence-corrected chi connectivity index (χ3v) is 3.51. The average Bonchev–Trinajstić information content (AvgIpc) is 3.07. The van der Waals surface area contributed by atoms with Crippen molar-refractivity contribution in [1.29, 1.82) is 0 Å². The van der Waals surface area contributed by atoms with E-state index in [4.69, 9.17) is 5.73 Å². The number of amides is 3. The van der Waals surface area contributed by atoms with Crippen LogP contribution in [0, 0.1) is 11.6 Å². The van der Waals surface area contributed by atoms with E-state index < -0.39 is 23.6 Å². The van der Waals surface area contributed by atoms with Gasteiger partial charge in [-0.15, -0.1) is 0 Å². The van der Waals surface area contributed by atoms with Crippen molar-refractivity contribution >= 4 is 23.3 Å². The zero-order valence-corrected chi connectivity index (χ0v) is 13.2. The Bertz CT molecular complexity index is 987. The SMILES string of the molecule is NC(=O)Nc1cc(NC(=O)c2cn[nH]c2-c2ccccc2F)ccc1F. The molecule has 7 nitrogen and oxygen atoms in total. The first-order chi connectivity index (χ1) is 12.5. The van der Waals surface area contributed by atoms with Crippen LogP contribution in [0.15, 0.2) is 48.7 Å². The van der Waals surface area contributed by atoms with Crippen LogP contribution in [0.2, 0.25) is 0 Å². The highest BCUT2D eigenvalue weighted by Crippen LogP contribution is 2.25. The number of benzene rings is 2. The Labute approximate surface area is 146 Å². The molecule has 9 heteroatoms. The molecule has 1 heterocycles. The minimum absolute atomic E-state index is 0.101. The number of hydrogen-bond donors (Lipinski definition) is 4. The lowest BCUT2D eigenvalue weighted by Gasteiger charge is -2.09. The fourth-order valence-corrected chi connectivity index (χ4v) is 2.36. The largest absolute Gasteiger partial charge is 0.351 e. The molecule has 0 aliphatic heterocycles. The molecule has 1 aromatic heterocycles. The Balaban J connectivity index is 1.87. The van der Waals surface area contributed by atoms with E-state index in [1.54, 1.807) is 6.07 Å². The first kappa shape index (κ1) is 17.1. The Kier molecular flexibility index (Phi) is 4.61. The van der Waals surface area contributed by atoms with Gasteiger partial charge in [0.25, 0.3) is 5.91 Å². The van der Waals surface area contributed by atoms with Gasteiger partial charge in [0, 0.05) is 11.3 Å². The zero-order valence-electron chi connectivity index (χ0n) is 13.2. The summed E-state index contributed by atoms with van der Waals surface area (Å²) in [5.74, 6) is -1.81. The molecule has 0 spiro atoms. The van der Waals surface area contributed by atoms with E-state index >= 15 is 0 Å². The third kappa shape index (κ3) is 3.51. The lowest BCUT2D eigenvalue weighted by atomic mass is 10.1. The van der Waals surface area contributed by atoms with Crippen LogP contribution in [0.4, 0.5) is 25.0 Å². The molecule has 2 aromatic carbocycles. The number of nitrogens with zero attached hydrogens (tertiary/aromatic N) is 1. The number of halogens is 2. The molecule has 5 N–H and O–H groups in total. The van der Waals surface area contributed by atoms with Crippen LogP contribution < -0.4 is 16.4 Å². The lowest BCUT2D eigenvalue weighted by molar-refractivity contribution is 0.102. The number of anilines is 2. The fourth-order valence-electron chi connectivity index (χ4n) is 2.36. The number of carbonyl (C=O) groups is 2. The van der Waals surface area contributed by atoms with Crippen LogP contribution in [0.5, 0.6) is 0 Å². The second-order valence-corrected chi connectivity index (χ2v) is 5.28.